The van der Waals surface area contributed by atoms with E-state index < -0.39 is 0 Å². The van der Waals surface area contributed by atoms with Gasteiger partial charge in [0.25, 0.3) is 0 Å². The van der Waals surface area contributed by atoms with Gasteiger partial charge in [0.15, 0.2) is 5.58 Å². The van der Waals surface area contributed by atoms with E-state index in [-0.39, 0.29) is 0 Å². The van der Waals surface area contributed by atoms with Crippen LogP contribution in [-0.2, 0) is 6.42 Å². The number of fused-ring (bicyclic) bond motifs is 1. The molecule has 15 heavy (non-hydrogen) atoms. The number of hydrogen-bond donors (Lipinski definition) is 1. The number of nitrogens with zero attached hydrogens (tertiary/aromatic N) is 1. The SMILES string of the molecule is c1cc2cnoc2cc1CC1CCNC1. The number of rotatable bonds is 2. The third-order valence-corrected chi connectivity index (χ3v) is 3.11. The average molecular weight is 202 g/mol. The summed E-state index contributed by atoms with van der Waals surface area (Å²) in [5, 5.41) is 8.26. The van der Waals surface area contributed by atoms with Crippen molar-refractivity contribution in [3.63, 3.8) is 0 Å². The van der Waals surface area contributed by atoms with Gasteiger partial charge < -0.3 is 9.84 Å². The van der Waals surface area contributed by atoms with Crippen molar-refractivity contribution in [2.24, 2.45) is 5.92 Å². The number of nitrogens with one attached hydrogen (secondary N) is 1. The Kier molecular flexibility index (Phi) is 2.18. The lowest BCUT2D eigenvalue weighted by Gasteiger charge is -2.07. The van der Waals surface area contributed by atoms with E-state index in [9.17, 15) is 0 Å². The van der Waals surface area contributed by atoms with Crippen molar-refractivity contribution in [3.05, 3.63) is 30.0 Å². The van der Waals surface area contributed by atoms with Gasteiger partial charge >= 0.3 is 0 Å². The molecule has 0 bridgehead atoms. The Morgan fingerprint density at radius 3 is 3.33 bits per heavy atom. The van der Waals surface area contributed by atoms with Gasteiger partial charge in [-0.25, -0.2) is 0 Å². The Morgan fingerprint density at radius 2 is 2.47 bits per heavy atom. The summed E-state index contributed by atoms with van der Waals surface area (Å²) in [6.45, 7) is 2.31. The molecule has 78 valence electrons. The minimum absolute atomic E-state index is 0.783. The molecule has 1 fully saturated rings. The van der Waals surface area contributed by atoms with E-state index in [4.69, 9.17) is 4.52 Å². The second-order valence-corrected chi connectivity index (χ2v) is 4.26. The van der Waals surface area contributed by atoms with Crippen molar-refractivity contribution in [2.45, 2.75) is 12.8 Å². The van der Waals surface area contributed by atoms with Gasteiger partial charge in [0.1, 0.15) is 0 Å². The molecule has 1 atom stereocenters. The summed E-state index contributed by atoms with van der Waals surface area (Å²) in [5.74, 6) is 0.783. The molecule has 1 aromatic heterocycles. The molecule has 1 unspecified atom stereocenters. The van der Waals surface area contributed by atoms with Crippen LogP contribution in [0.15, 0.2) is 28.9 Å². The fraction of sp³-hybridized carbons (Fsp3) is 0.417. The Balaban J connectivity index is 1.84. The first-order valence-corrected chi connectivity index (χ1v) is 5.46. The summed E-state index contributed by atoms with van der Waals surface area (Å²) in [6.07, 6.45) is 4.19. The maximum atomic E-state index is 5.16. The summed E-state index contributed by atoms with van der Waals surface area (Å²) < 4.78 is 5.16. The molecule has 3 heteroatoms. The van der Waals surface area contributed by atoms with Crippen LogP contribution >= 0.6 is 0 Å². The Hall–Kier alpha value is -1.35. The normalized spacial score (nSPS) is 21.2. The molecule has 1 aliphatic heterocycles. The van der Waals surface area contributed by atoms with Crippen LogP contribution in [0.1, 0.15) is 12.0 Å². The molecule has 0 amide bonds. The molecule has 0 aliphatic carbocycles. The predicted molar refractivity (Wildman–Crippen MR) is 58.7 cm³/mol. The van der Waals surface area contributed by atoms with Gasteiger partial charge in [0.2, 0.25) is 0 Å². The van der Waals surface area contributed by atoms with Crippen molar-refractivity contribution < 1.29 is 4.52 Å². The molecular weight excluding hydrogens is 188 g/mol. The zero-order valence-electron chi connectivity index (χ0n) is 8.57. The second kappa shape index (κ2) is 3.66. The highest BCUT2D eigenvalue weighted by Crippen LogP contribution is 2.19. The molecule has 1 N–H and O–H groups in total. The molecule has 1 aliphatic rings. The van der Waals surface area contributed by atoms with Gasteiger partial charge in [0, 0.05) is 5.39 Å². The van der Waals surface area contributed by atoms with Crippen LogP contribution in [0.5, 0.6) is 0 Å². The minimum atomic E-state index is 0.783. The largest absolute Gasteiger partial charge is 0.356 e. The van der Waals surface area contributed by atoms with Crippen molar-refractivity contribution in [3.8, 4) is 0 Å². The Morgan fingerprint density at radius 1 is 1.47 bits per heavy atom. The molecule has 3 nitrogen and oxygen atoms in total. The van der Waals surface area contributed by atoms with Crippen LogP contribution in [0.25, 0.3) is 11.0 Å². The highest BCUT2D eigenvalue weighted by Gasteiger charge is 2.15. The Bertz CT molecular complexity index is 457. The summed E-state index contributed by atoms with van der Waals surface area (Å²) in [6, 6.07) is 6.38. The topological polar surface area (TPSA) is 38.1 Å². The fourth-order valence-corrected chi connectivity index (χ4v) is 2.25. The van der Waals surface area contributed by atoms with Crippen LogP contribution < -0.4 is 5.32 Å². The first-order valence-electron chi connectivity index (χ1n) is 5.46. The van der Waals surface area contributed by atoms with E-state index in [1.807, 2.05) is 0 Å². The third-order valence-electron chi connectivity index (χ3n) is 3.11. The van der Waals surface area contributed by atoms with Gasteiger partial charge in [0.05, 0.1) is 6.20 Å². The zero-order valence-corrected chi connectivity index (χ0v) is 8.57. The van der Waals surface area contributed by atoms with E-state index >= 15 is 0 Å². The van der Waals surface area contributed by atoms with Crippen LogP contribution in [0.2, 0.25) is 0 Å². The Labute approximate surface area is 88.4 Å². The summed E-state index contributed by atoms with van der Waals surface area (Å²) in [4.78, 5) is 0. The van der Waals surface area contributed by atoms with E-state index in [1.165, 1.54) is 12.0 Å². The van der Waals surface area contributed by atoms with Crippen molar-refractivity contribution in [1.82, 2.24) is 10.5 Å². The smallest absolute Gasteiger partial charge is 0.167 e. The van der Waals surface area contributed by atoms with Gasteiger partial charge in [-0.1, -0.05) is 11.2 Å². The summed E-state index contributed by atoms with van der Waals surface area (Å²) in [7, 11) is 0. The van der Waals surface area contributed by atoms with Gasteiger partial charge in [-0.2, -0.15) is 0 Å². The lowest BCUT2D eigenvalue weighted by Crippen LogP contribution is -2.10. The molecule has 0 saturated carbocycles. The van der Waals surface area contributed by atoms with Crippen molar-refractivity contribution >= 4 is 11.0 Å². The van der Waals surface area contributed by atoms with Gasteiger partial charge in [-0.3, -0.25) is 0 Å². The molecule has 3 rings (SSSR count). The maximum absolute atomic E-state index is 5.16. The van der Waals surface area contributed by atoms with Crippen LogP contribution in [0, 0.1) is 5.92 Å². The quantitative estimate of drug-likeness (QED) is 0.809. The molecular formula is C12H14N2O. The van der Waals surface area contributed by atoms with Gasteiger partial charge in [-0.15, -0.1) is 0 Å². The summed E-state index contributed by atoms with van der Waals surface area (Å²) in [5.41, 5.74) is 2.26. The standard InChI is InChI=1S/C12H14N2O/c1-2-11-8-14-15-12(11)6-9(1)5-10-3-4-13-7-10/h1-2,6,8,10,13H,3-5,7H2. The first-order chi connectivity index (χ1) is 7.42. The predicted octanol–water partition coefficient (Wildman–Crippen LogP) is 1.98. The maximum Gasteiger partial charge on any atom is 0.167 e. The molecule has 2 heterocycles. The van der Waals surface area contributed by atoms with Crippen LogP contribution in [-0.4, -0.2) is 18.2 Å². The number of hydrogen-bond acceptors (Lipinski definition) is 3. The molecule has 0 spiro atoms. The zero-order chi connectivity index (χ0) is 10.1. The van der Waals surface area contributed by atoms with Crippen molar-refractivity contribution in [2.75, 3.05) is 13.1 Å². The summed E-state index contributed by atoms with van der Waals surface area (Å²) >= 11 is 0. The lowest BCUT2D eigenvalue weighted by atomic mass is 9.98. The monoisotopic (exact) mass is 202 g/mol. The lowest BCUT2D eigenvalue weighted by molar-refractivity contribution is 0.456. The van der Waals surface area contributed by atoms with E-state index in [0.29, 0.717) is 0 Å². The highest BCUT2D eigenvalue weighted by atomic mass is 16.5. The van der Waals surface area contributed by atoms with E-state index in [2.05, 4.69) is 28.7 Å². The molecule has 1 aromatic carbocycles. The number of aromatic nitrogens is 1. The molecule has 1 saturated heterocycles. The highest BCUT2D eigenvalue weighted by molar-refractivity contribution is 5.76. The van der Waals surface area contributed by atoms with Crippen LogP contribution in [0.3, 0.4) is 0 Å². The van der Waals surface area contributed by atoms with Crippen molar-refractivity contribution in [1.29, 1.82) is 0 Å². The van der Waals surface area contributed by atoms with E-state index in [0.717, 1.165) is 36.4 Å². The van der Waals surface area contributed by atoms with E-state index in [1.54, 1.807) is 6.20 Å². The molecule has 0 radical (unpaired) electrons. The first kappa shape index (κ1) is 8.92. The number of benzene rings is 1. The molecule has 2 aromatic rings. The average Bonchev–Trinajstić information content (AvgIpc) is 2.87. The fourth-order valence-electron chi connectivity index (χ4n) is 2.25. The third kappa shape index (κ3) is 1.75. The van der Waals surface area contributed by atoms with Gasteiger partial charge in [-0.05, 0) is 49.5 Å². The van der Waals surface area contributed by atoms with Crippen LogP contribution in [0.4, 0.5) is 0 Å². The minimum Gasteiger partial charge on any atom is -0.356 e. The second-order valence-electron chi connectivity index (χ2n) is 4.26.